The molecule has 0 atom stereocenters. The van der Waals surface area contributed by atoms with E-state index in [2.05, 4.69) is 16.0 Å². The first-order chi connectivity index (χ1) is 16.2. The van der Waals surface area contributed by atoms with Gasteiger partial charge in [0.1, 0.15) is 10.6 Å². The standard InChI is InChI=1S/C25H30N4O3S/c1-2-32-20-9-5-4-8-19(20)27-13-15-28(16-14-27)22(30)11-12-29-17-26-24-23(25(29)31)18-7-3-6-10-21(18)33-24/h4-5,8-9,17H,2-3,6-7,10-16H2,1H3. The van der Waals surface area contributed by atoms with Crippen molar-refractivity contribution in [2.45, 2.75) is 45.6 Å². The Bertz CT molecular complexity index is 1210. The Morgan fingerprint density at radius 3 is 2.73 bits per heavy atom. The van der Waals surface area contributed by atoms with Gasteiger partial charge in [-0.2, -0.15) is 0 Å². The molecule has 3 aromatic rings. The third kappa shape index (κ3) is 4.36. The second-order valence-electron chi connectivity index (χ2n) is 8.65. The summed E-state index contributed by atoms with van der Waals surface area (Å²) in [6.07, 6.45) is 6.26. The fourth-order valence-corrected chi connectivity index (χ4v) is 6.13. The van der Waals surface area contributed by atoms with Crippen molar-refractivity contribution in [3.05, 3.63) is 51.4 Å². The Morgan fingerprint density at radius 2 is 1.91 bits per heavy atom. The number of rotatable bonds is 6. The van der Waals surface area contributed by atoms with E-state index in [1.165, 1.54) is 16.9 Å². The van der Waals surface area contributed by atoms with Gasteiger partial charge in [0.25, 0.3) is 5.56 Å². The first kappa shape index (κ1) is 21.9. The molecule has 2 aliphatic rings. The molecule has 0 bridgehead atoms. The third-order valence-corrected chi connectivity index (χ3v) is 7.85. The van der Waals surface area contributed by atoms with Crippen LogP contribution < -0.4 is 15.2 Å². The zero-order chi connectivity index (χ0) is 22.8. The number of carbonyl (C=O) groups is 1. The number of anilines is 1. The van der Waals surface area contributed by atoms with E-state index in [1.807, 2.05) is 30.0 Å². The first-order valence-corrected chi connectivity index (χ1v) is 12.7. The molecule has 0 saturated carbocycles. The number of benzene rings is 1. The van der Waals surface area contributed by atoms with E-state index in [1.54, 1.807) is 22.2 Å². The molecule has 7 nitrogen and oxygen atoms in total. The zero-order valence-corrected chi connectivity index (χ0v) is 19.9. The number of fused-ring (bicyclic) bond motifs is 3. The number of hydrogen-bond donors (Lipinski definition) is 0. The Morgan fingerprint density at radius 1 is 1.12 bits per heavy atom. The van der Waals surface area contributed by atoms with Crippen molar-refractivity contribution in [3.63, 3.8) is 0 Å². The van der Waals surface area contributed by atoms with Crippen molar-refractivity contribution in [1.82, 2.24) is 14.5 Å². The highest BCUT2D eigenvalue weighted by Crippen LogP contribution is 2.33. The number of aromatic nitrogens is 2. The van der Waals surface area contributed by atoms with Crippen LogP contribution in [0, 0.1) is 0 Å². The maximum atomic E-state index is 13.1. The predicted molar refractivity (Wildman–Crippen MR) is 132 cm³/mol. The monoisotopic (exact) mass is 466 g/mol. The van der Waals surface area contributed by atoms with Crippen LogP contribution in [-0.2, 0) is 24.2 Å². The molecule has 1 aromatic carbocycles. The highest BCUT2D eigenvalue weighted by atomic mass is 32.1. The largest absolute Gasteiger partial charge is 0.492 e. The van der Waals surface area contributed by atoms with Gasteiger partial charge < -0.3 is 14.5 Å². The van der Waals surface area contributed by atoms with Gasteiger partial charge in [-0.3, -0.25) is 14.2 Å². The summed E-state index contributed by atoms with van der Waals surface area (Å²) in [4.78, 5) is 36.9. The topological polar surface area (TPSA) is 67.7 Å². The van der Waals surface area contributed by atoms with Crippen LogP contribution in [0.25, 0.3) is 10.2 Å². The number of amides is 1. The molecule has 1 fully saturated rings. The summed E-state index contributed by atoms with van der Waals surface area (Å²) in [5.41, 5.74) is 2.28. The normalized spacial score (nSPS) is 16.2. The molecule has 2 aromatic heterocycles. The van der Waals surface area contributed by atoms with Gasteiger partial charge >= 0.3 is 0 Å². The molecule has 1 amide bonds. The Hall–Kier alpha value is -2.87. The maximum Gasteiger partial charge on any atom is 0.262 e. The quantitative estimate of drug-likeness (QED) is 0.557. The van der Waals surface area contributed by atoms with Crippen LogP contribution in [0.2, 0.25) is 0 Å². The summed E-state index contributed by atoms with van der Waals surface area (Å²) < 4.78 is 7.38. The lowest BCUT2D eigenvalue weighted by Gasteiger charge is -2.36. The molecule has 1 saturated heterocycles. The molecule has 8 heteroatoms. The summed E-state index contributed by atoms with van der Waals surface area (Å²) in [5, 5.41) is 0.784. The Labute approximate surface area is 197 Å². The van der Waals surface area contributed by atoms with Crippen molar-refractivity contribution < 1.29 is 9.53 Å². The molecule has 0 N–H and O–H groups in total. The summed E-state index contributed by atoms with van der Waals surface area (Å²) >= 11 is 1.66. The molecular weight excluding hydrogens is 436 g/mol. The van der Waals surface area contributed by atoms with E-state index in [9.17, 15) is 9.59 Å². The van der Waals surface area contributed by atoms with Gasteiger partial charge in [0, 0.05) is 44.0 Å². The van der Waals surface area contributed by atoms with E-state index >= 15 is 0 Å². The van der Waals surface area contributed by atoms with Crippen molar-refractivity contribution in [2.75, 3.05) is 37.7 Å². The predicted octanol–water partition coefficient (Wildman–Crippen LogP) is 3.47. The number of thiophene rings is 1. The minimum absolute atomic E-state index is 0.00421. The van der Waals surface area contributed by atoms with Crippen LogP contribution in [0.15, 0.2) is 35.4 Å². The van der Waals surface area contributed by atoms with E-state index in [0.29, 0.717) is 32.7 Å². The molecule has 5 rings (SSSR count). The smallest absolute Gasteiger partial charge is 0.262 e. The van der Waals surface area contributed by atoms with Crippen LogP contribution in [0.4, 0.5) is 5.69 Å². The minimum Gasteiger partial charge on any atom is -0.492 e. The number of hydrogen-bond acceptors (Lipinski definition) is 6. The lowest BCUT2D eigenvalue weighted by Crippen LogP contribution is -2.49. The summed E-state index contributed by atoms with van der Waals surface area (Å²) in [6, 6.07) is 8.06. The molecule has 174 valence electrons. The van der Waals surface area contributed by atoms with Crippen molar-refractivity contribution >= 4 is 33.1 Å². The molecule has 0 radical (unpaired) electrons. The van der Waals surface area contributed by atoms with Crippen LogP contribution in [0.5, 0.6) is 5.75 Å². The van der Waals surface area contributed by atoms with Gasteiger partial charge in [0.15, 0.2) is 0 Å². The lowest BCUT2D eigenvalue weighted by atomic mass is 9.97. The first-order valence-electron chi connectivity index (χ1n) is 11.9. The van der Waals surface area contributed by atoms with Crippen molar-refractivity contribution in [2.24, 2.45) is 0 Å². The zero-order valence-electron chi connectivity index (χ0n) is 19.1. The molecule has 0 spiro atoms. The highest BCUT2D eigenvalue weighted by Gasteiger charge is 2.24. The molecular formula is C25H30N4O3S. The van der Waals surface area contributed by atoms with Crippen molar-refractivity contribution in [1.29, 1.82) is 0 Å². The number of aryl methyl sites for hydroxylation is 3. The van der Waals surface area contributed by atoms with Gasteiger partial charge in [-0.25, -0.2) is 4.98 Å². The fraction of sp³-hybridized carbons (Fsp3) is 0.480. The number of para-hydroxylation sites is 2. The minimum atomic E-state index is 0.00421. The second-order valence-corrected chi connectivity index (χ2v) is 9.74. The highest BCUT2D eigenvalue weighted by molar-refractivity contribution is 7.18. The average molecular weight is 467 g/mol. The second kappa shape index (κ2) is 9.55. The van der Waals surface area contributed by atoms with E-state index in [0.717, 1.165) is 54.0 Å². The van der Waals surface area contributed by atoms with E-state index in [-0.39, 0.29) is 11.5 Å². The van der Waals surface area contributed by atoms with E-state index in [4.69, 9.17) is 4.74 Å². The van der Waals surface area contributed by atoms with Crippen LogP contribution in [0.1, 0.15) is 36.6 Å². The van der Waals surface area contributed by atoms with Crippen molar-refractivity contribution in [3.8, 4) is 5.75 Å². The number of carbonyl (C=O) groups excluding carboxylic acids is 1. The van der Waals surface area contributed by atoms with Gasteiger partial charge in [0.2, 0.25) is 5.91 Å². The van der Waals surface area contributed by atoms with Crippen LogP contribution >= 0.6 is 11.3 Å². The summed E-state index contributed by atoms with van der Waals surface area (Å²) in [6.45, 7) is 5.86. The summed E-state index contributed by atoms with van der Waals surface area (Å²) in [5.74, 6) is 0.977. The van der Waals surface area contributed by atoms with Gasteiger partial charge in [0.05, 0.1) is 24.0 Å². The van der Waals surface area contributed by atoms with Gasteiger partial charge in [-0.15, -0.1) is 11.3 Å². The molecule has 0 unspecified atom stereocenters. The lowest BCUT2D eigenvalue weighted by molar-refractivity contribution is -0.131. The molecule has 3 heterocycles. The maximum absolute atomic E-state index is 13.1. The average Bonchev–Trinajstić information content (AvgIpc) is 3.23. The van der Waals surface area contributed by atoms with E-state index < -0.39 is 0 Å². The number of piperazine rings is 1. The number of nitrogens with zero attached hydrogens (tertiary/aromatic N) is 4. The number of ether oxygens (including phenoxy) is 1. The molecule has 33 heavy (non-hydrogen) atoms. The van der Waals surface area contributed by atoms with Gasteiger partial charge in [-0.1, -0.05) is 12.1 Å². The Kier molecular flexibility index (Phi) is 6.35. The van der Waals surface area contributed by atoms with Gasteiger partial charge in [-0.05, 0) is 50.3 Å². The summed E-state index contributed by atoms with van der Waals surface area (Å²) in [7, 11) is 0. The SMILES string of the molecule is CCOc1ccccc1N1CCN(C(=O)CCn2cnc3sc4c(c3c2=O)CCCC4)CC1. The fourth-order valence-electron chi connectivity index (χ4n) is 4.91. The van der Waals surface area contributed by atoms with Crippen LogP contribution in [-0.4, -0.2) is 53.1 Å². The molecule has 1 aliphatic carbocycles. The van der Waals surface area contributed by atoms with Crippen LogP contribution in [0.3, 0.4) is 0 Å². The third-order valence-electron chi connectivity index (χ3n) is 6.65. The molecule has 1 aliphatic heterocycles. The Balaban J connectivity index is 1.22.